The molecule has 2 unspecified atom stereocenters. The van der Waals surface area contributed by atoms with Crippen LogP contribution in [0.2, 0.25) is 0 Å². The molecule has 5 nitrogen and oxygen atoms in total. The van der Waals surface area contributed by atoms with Gasteiger partial charge in [-0.15, -0.1) is 12.4 Å². The van der Waals surface area contributed by atoms with E-state index in [1.165, 1.54) is 6.42 Å². The molecule has 6 heteroatoms. The van der Waals surface area contributed by atoms with Gasteiger partial charge < -0.3 is 15.4 Å². The normalized spacial score (nSPS) is 24.2. The predicted molar refractivity (Wildman–Crippen MR) is 89.8 cm³/mol. The maximum atomic E-state index is 12.1. The molecule has 22 heavy (non-hydrogen) atoms. The first-order valence-electron chi connectivity index (χ1n) is 7.64. The van der Waals surface area contributed by atoms with Gasteiger partial charge in [0.2, 0.25) is 5.91 Å². The number of methoxy groups -OCH3 is 1. The number of carbonyl (C=O) groups is 1. The van der Waals surface area contributed by atoms with Gasteiger partial charge >= 0.3 is 0 Å². The lowest BCUT2D eigenvalue weighted by Gasteiger charge is -2.34. The van der Waals surface area contributed by atoms with Gasteiger partial charge in [-0.2, -0.15) is 0 Å². The van der Waals surface area contributed by atoms with Crippen LogP contribution in [0, 0.1) is 5.92 Å². The van der Waals surface area contributed by atoms with E-state index in [0.717, 1.165) is 37.5 Å². The van der Waals surface area contributed by atoms with Crippen LogP contribution in [0.4, 0.5) is 5.69 Å². The molecule has 2 heterocycles. The molecular formula is C16H24ClN3O2. The van der Waals surface area contributed by atoms with Gasteiger partial charge in [0.25, 0.3) is 0 Å². The van der Waals surface area contributed by atoms with Crippen molar-refractivity contribution < 1.29 is 9.53 Å². The van der Waals surface area contributed by atoms with Crippen molar-refractivity contribution in [2.75, 3.05) is 38.6 Å². The van der Waals surface area contributed by atoms with Crippen LogP contribution >= 0.6 is 12.4 Å². The highest BCUT2D eigenvalue weighted by molar-refractivity contribution is 5.92. The van der Waals surface area contributed by atoms with Crippen molar-refractivity contribution in [2.45, 2.75) is 18.9 Å². The highest BCUT2D eigenvalue weighted by Crippen LogP contribution is 2.24. The zero-order valence-corrected chi connectivity index (χ0v) is 13.7. The Balaban J connectivity index is 0.00000176. The fraction of sp³-hybridized carbons (Fsp3) is 0.562. The van der Waals surface area contributed by atoms with E-state index in [9.17, 15) is 4.79 Å². The highest BCUT2D eigenvalue weighted by atomic mass is 35.5. The Kier molecular flexibility index (Phi) is 6.06. The molecule has 2 N–H and O–H groups in total. The summed E-state index contributed by atoms with van der Waals surface area (Å²) < 4.78 is 5.11. The number of halogens is 1. The minimum absolute atomic E-state index is 0. The maximum absolute atomic E-state index is 12.1. The highest BCUT2D eigenvalue weighted by Gasteiger charge is 2.32. The summed E-state index contributed by atoms with van der Waals surface area (Å²) in [6.07, 6.45) is 2.39. The Hall–Kier alpha value is -1.30. The average Bonchev–Trinajstić information content (AvgIpc) is 2.95. The lowest BCUT2D eigenvalue weighted by Crippen LogP contribution is -2.46. The van der Waals surface area contributed by atoms with Crippen LogP contribution in [-0.4, -0.2) is 50.1 Å². The molecule has 0 saturated carbocycles. The smallest absolute Gasteiger partial charge is 0.238 e. The van der Waals surface area contributed by atoms with Crippen LogP contribution in [-0.2, 0) is 4.79 Å². The van der Waals surface area contributed by atoms with Crippen molar-refractivity contribution in [3.05, 3.63) is 24.3 Å². The Morgan fingerprint density at radius 1 is 1.36 bits per heavy atom. The quantitative estimate of drug-likeness (QED) is 0.885. The van der Waals surface area contributed by atoms with Crippen LogP contribution in [0.25, 0.3) is 0 Å². The third kappa shape index (κ3) is 4.12. The molecule has 0 aromatic heterocycles. The minimum atomic E-state index is 0. The standard InChI is InChI=1S/C16H23N3O2.ClH/c1-21-14-4-2-13(3-5-14)18-16(20)11-19-9-7-15-12(10-19)6-8-17-15;/h2-5,12,15,17H,6-11H2,1H3,(H,18,20);1H. The number of hydrogen-bond donors (Lipinski definition) is 2. The molecule has 0 aliphatic carbocycles. The van der Waals surface area contributed by atoms with Crippen LogP contribution in [0.15, 0.2) is 24.3 Å². The summed E-state index contributed by atoms with van der Waals surface area (Å²) in [5.41, 5.74) is 0.818. The minimum Gasteiger partial charge on any atom is -0.497 e. The zero-order valence-electron chi connectivity index (χ0n) is 12.9. The molecule has 1 amide bonds. The number of amides is 1. The molecule has 0 spiro atoms. The molecule has 1 aromatic rings. The second-order valence-electron chi connectivity index (χ2n) is 5.91. The summed E-state index contributed by atoms with van der Waals surface area (Å²) in [6.45, 7) is 3.65. The van der Waals surface area contributed by atoms with E-state index < -0.39 is 0 Å². The fourth-order valence-electron chi connectivity index (χ4n) is 3.34. The summed E-state index contributed by atoms with van der Waals surface area (Å²) in [4.78, 5) is 14.4. The summed E-state index contributed by atoms with van der Waals surface area (Å²) in [6, 6.07) is 8.11. The first-order chi connectivity index (χ1) is 10.2. The lowest BCUT2D eigenvalue weighted by molar-refractivity contribution is -0.117. The van der Waals surface area contributed by atoms with Crippen molar-refractivity contribution in [1.82, 2.24) is 10.2 Å². The van der Waals surface area contributed by atoms with Crippen LogP contribution in [0.3, 0.4) is 0 Å². The number of fused-ring (bicyclic) bond motifs is 1. The lowest BCUT2D eigenvalue weighted by atomic mass is 9.93. The van der Waals surface area contributed by atoms with Crippen molar-refractivity contribution in [2.24, 2.45) is 5.92 Å². The number of piperidine rings is 1. The first-order valence-corrected chi connectivity index (χ1v) is 7.64. The van der Waals surface area contributed by atoms with Gasteiger partial charge in [-0.3, -0.25) is 9.69 Å². The van der Waals surface area contributed by atoms with Crippen LogP contribution in [0.1, 0.15) is 12.8 Å². The van der Waals surface area contributed by atoms with E-state index in [2.05, 4.69) is 15.5 Å². The molecule has 0 bridgehead atoms. The van der Waals surface area contributed by atoms with Crippen LogP contribution < -0.4 is 15.4 Å². The van der Waals surface area contributed by atoms with Crippen molar-refractivity contribution in [3.63, 3.8) is 0 Å². The average molecular weight is 326 g/mol. The molecule has 2 aliphatic rings. The van der Waals surface area contributed by atoms with Gasteiger partial charge in [0, 0.05) is 24.8 Å². The second kappa shape index (κ2) is 7.81. The van der Waals surface area contributed by atoms with E-state index in [-0.39, 0.29) is 18.3 Å². The van der Waals surface area contributed by atoms with E-state index >= 15 is 0 Å². The van der Waals surface area contributed by atoms with Gasteiger partial charge in [0.05, 0.1) is 13.7 Å². The van der Waals surface area contributed by atoms with Gasteiger partial charge in [-0.25, -0.2) is 0 Å². The van der Waals surface area contributed by atoms with Gasteiger partial charge in [0.1, 0.15) is 5.75 Å². The number of rotatable bonds is 4. The molecular weight excluding hydrogens is 302 g/mol. The number of anilines is 1. The van der Waals surface area contributed by atoms with Crippen molar-refractivity contribution >= 4 is 24.0 Å². The Morgan fingerprint density at radius 2 is 2.14 bits per heavy atom. The van der Waals surface area contributed by atoms with E-state index in [0.29, 0.717) is 18.5 Å². The number of carbonyl (C=O) groups excluding carboxylic acids is 1. The van der Waals surface area contributed by atoms with Gasteiger partial charge in [0.15, 0.2) is 0 Å². The molecule has 2 atom stereocenters. The Bertz CT molecular complexity index is 495. The van der Waals surface area contributed by atoms with Gasteiger partial charge in [-0.1, -0.05) is 0 Å². The molecule has 2 fully saturated rings. The predicted octanol–water partition coefficient (Wildman–Crippen LogP) is 1.74. The second-order valence-corrected chi connectivity index (χ2v) is 5.91. The molecule has 2 aliphatic heterocycles. The largest absolute Gasteiger partial charge is 0.497 e. The monoisotopic (exact) mass is 325 g/mol. The van der Waals surface area contributed by atoms with Crippen molar-refractivity contribution in [1.29, 1.82) is 0 Å². The topological polar surface area (TPSA) is 53.6 Å². The Labute approximate surface area is 137 Å². The van der Waals surface area contributed by atoms with Crippen LogP contribution in [0.5, 0.6) is 5.75 Å². The summed E-state index contributed by atoms with van der Waals surface area (Å²) in [7, 11) is 1.63. The third-order valence-corrected chi connectivity index (χ3v) is 4.48. The van der Waals surface area contributed by atoms with E-state index in [1.807, 2.05) is 24.3 Å². The molecule has 2 saturated heterocycles. The molecule has 0 radical (unpaired) electrons. The van der Waals surface area contributed by atoms with E-state index in [1.54, 1.807) is 7.11 Å². The summed E-state index contributed by atoms with van der Waals surface area (Å²) in [5.74, 6) is 1.57. The number of hydrogen-bond acceptors (Lipinski definition) is 4. The number of nitrogens with zero attached hydrogens (tertiary/aromatic N) is 1. The number of ether oxygens (including phenoxy) is 1. The molecule has 3 rings (SSSR count). The van der Waals surface area contributed by atoms with E-state index in [4.69, 9.17) is 4.74 Å². The maximum Gasteiger partial charge on any atom is 0.238 e. The zero-order chi connectivity index (χ0) is 14.7. The number of nitrogens with one attached hydrogen (secondary N) is 2. The summed E-state index contributed by atoms with van der Waals surface area (Å²) in [5, 5.41) is 6.49. The Morgan fingerprint density at radius 3 is 2.86 bits per heavy atom. The fourth-order valence-corrected chi connectivity index (χ4v) is 3.34. The molecule has 1 aromatic carbocycles. The number of benzene rings is 1. The third-order valence-electron chi connectivity index (χ3n) is 4.48. The first kappa shape index (κ1) is 17.1. The number of likely N-dealkylation sites (tertiary alicyclic amines) is 1. The SMILES string of the molecule is COc1ccc(NC(=O)CN2CCC3NCCC3C2)cc1.Cl. The summed E-state index contributed by atoms with van der Waals surface area (Å²) >= 11 is 0. The molecule has 122 valence electrons. The van der Waals surface area contributed by atoms with Gasteiger partial charge in [-0.05, 0) is 49.6 Å². The van der Waals surface area contributed by atoms with Crippen molar-refractivity contribution in [3.8, 4) is 5.75 Å².